The zero-order valence-corrected chi connectivity index (χ0v) is 15.3. The first kappa shape index (κ1) is 16.6. The number of β-amino-alcohol motifs (C(OH)–C–C–N with tert-alkyl or cyclic N) is 1. The summed E-state index contributed by atoms with van der Waals surface area (Å²) in [7, 11) is 0. The van der Waals surface area contributed by atoms with Gasteiger partial charge in [0.2, 0.25) is 5.91 Å². The SMILES string of the molecule is Cc1cc(C)c2c(CC(=O)N3C[C@@H](C)[C@](O)(C4CCC4)C3)coc2c1. The lowest BCUT2D eigenvalue weighted by Crippen LogP contribution is -2.48. The molecule has 1 amide bonds. The molecular weight excluding hydrogens is 314 g/mol. The lowest BCUT2D eigenvalue weighted by Gasteiger charge is -2.41. The first-order chi connectivity index (χ1) is 11.9. The smallest absolute Gasteiger partial charge is 0.227 e. The minimum atomic E-state index is -0.695. The minimum absolute atomic E-state index is 0.0878. The van der Waals surface area contributed by atoms with Gasteiger partial charge in [-0.05, 0) is 49.8 Å². The Bertz CT molecular complexity index is 820. The molecule has 1 saturated heterocycles. The van der Waals surface area contributed by atoms with Crippen LogP contribution in [0.25, 0.3) is 11.0 Å². The molecule has 2 aromatic rings. The average molecular weight is 341 g/mol. The molecular formula is C21H27NO3. The van der Waals surface area contributed by atoms with Crippen molar-refractivity contribution in [2.75, 3.05) is 13.1 Å². The second-order valence-electron chi connectivity index (χ2n) is 8.19. The number of rotatable bonds is 3. The van der Waals surface area contributed by atoms with Gasteiger partial charge in [0, 0.05) is 30.0 Å². The molecule has 0 radical (unpaired) electrons. The van der Waals surface area contributed by atoms with E-state index >= 15 is 0 Å². The highest BCUT2D eigenvalue weighted by Gasteiger charge is 2.50. The van der Waals surface area contributed by atoms with Crippen molar-refractivity contribution < 1.29 is 14.3 Å². The van der Waals surface area contributed by atoms with Crippen LogP contribution < -0.4 is 0 Å². The van der Waals surface area contributed by atoms with Crippen molar-refractivity contribution >= 4 is 16.9 Å². The highest BCUT2D eigenvalue weighted by Crippen LogP contribution is 2.44. The second-order valence-corrected chi connectivity index (χ2v) is 8.19. The van der Waals surface area contributed by atoms with Crippen LogP contribution in [0.2, 0.25) is 0 Å². The van der Waals surface area contributed by atoms with Crippen LogP contribution in [0.15, 0.2) is 22.8 Å². The Morgan fingerprint density at radius 1 is 1.36 bits per heavy atom. The molecule has 1 aliphatic heterocycles. The van der Waals surface area contributed by atoms with Gasteiger partial charge in [-0.3, -0.25) is 4.79 Å². The first-order valence-corrected chi connectivity index (χ1v) is 9.36. The number of aliphatic hydroxyl groups is 1. The van der Waals surface area contributed by atoms with Gasteiger partial charge >= 0.3 is 0 Å². The van der Waals surface area contributed by atoms with Crippen LogP contribution in [0.5, 0.6) is 0 Å². The maximum absolute atomic E-state index is 12.9. The van der Waals surface area contributed by atoms with Crippen LogP contribution in [-0.2, 0) is 11.2 Å². The van der Waals surface area contributed by atoms with Crippen molar-refractivity contribution in [1.82, 2.24) is 4.90 Å². The normalized spacial score (nSPS) is 27.0. The summed E-state index contributed by atoms with van der Waals surface area (Å²) in [6.07, 6.45) is 5.44. The fourth-order valence-corrected chi connectivity index (χ4v) is 4.68. The van der Waals surface area contributed by atoms with E-state index in [0.29, 0.717) is 25.4 Å². The van der Waals surface area contributed by atoms with E-state index in [0.717, 1.165) is 40.5 Å². The van der Waals surface area contributed by atoms with Gasteiger partial charge in [-0.2, -0.15) is 0 Å². The van der Waals surface area contributed by atoms with Crippen molar-refractivity contribution in [2.24, 2.45) is 11.8 Å². The third-order valence-corrected chi connectivity index (χ3v) is 6.39. The molecule has 0 unspecified atom stereocenters. The summed E-state index contributed by atoms with van der Waals surface area (Å²) in [6, 6.07) is 4.14. The number of hydrogen-bond acceptors (Lipinski definition) is 3. The zero-order valence-electron chi connectivity index (χ0n) is 15.3. The molecule has 2 atom stereocenters. The number of aryl methyl sites for hydroxylation is 2. The molecule has 1 aliphatic carbocycles. The Balaban J connectivity index is 1.53. The fourth-order valence-electron chi connectivity index (χ4n) is 4.68. The molecule has 1 saturated carbocycles. The molecule has 2 fully saturated rings. The summed E-state index contributed by atoms with van der Waals surface area (Å²) in [5, 5.41) is 12.1. The topological polar surface area (TPSA) is 53.7 Å². The lowest BCUT2D eigenvalue weighted by atomic mass is 9.69. The molecule has 1 aromatic heterocycles. The quantitative estimate of drug-likeness (QED) is 0.928. The van der Waals surface area contributed by atoms with Gasteiger partial charge in [-0.25, -0.2) is 0 Å². The van der Waals surface area contributed by atoms with Crippen molar-refractivity contribution in [1.29, 1.82) is 0 Å². The fraction of sp³-hybridized carbons (Fsp3) is 0.571. The maximum atomic E-state index is 12.9. The molecule has 134 valence electrons. The third kappa shape index (κ3) is 2.67. The van der Waals surface area contributed by atoms with Gasteiger partial charge in [0.1, 0.15) is 5.58 Å². The van der Waals surface area contributed by atoms with Crippen LogP contribution in [0.1, 0.15) is 42.9 Å². The summed E-state index contributed by atoms with van der Waals surface area (Å²) in [4.78, 5) is 14.7. The number of carbonyl (C=O) groups is 1. The Morgan fingerprint density at radius 3 is 2.80 bits per heavy atom. The summed E-state index contributed by atoms with van der Waals surface area (Å²) in [6.45, 7) is 7.32. The van der Waals surface area contributed by atoms with Crippen LogP contribution >= 0.6 is 0 Å². The van der Waals surface area contributed by atoms with Crippen molar-refractivity contribution in [3.63, 3.8) is 0 Å². The summed E-state index contributed by atoms with van der Waals surface area (Å²) >= 11 is 0. The van der Waals surface area contributed by atoms with Crippen molar-refractivity contribution in [2.45, 2.75) is 52.1 Å². The molecule has 2 aliphatic rings. The van der Waals surface area contributed by atoms with E-state index in [1.807, 2.05) is 17.9 Å². The third-order valence-electron chi connectivity index (χ3n) is 6.39. The Labute approximate surface area is 148 Å². The summed E-state index contributed by atoms with van der Waals surface area (Å²) < 4.78 is 5.68. The monoisotopic (exact) mass is 341 g/mol. The number of benzene rings is 1. The number of fused-ring (bicyclic) bond motifs is 1. The second kappa shape index (κ2) is 5.87. The number of likely N-dealkylation sites (tertiary alicyclic amines) is 1. The number of hydrogen-bond donors (Lipinski definition) is 1. The molecule has 0 bridgehead atoms. The zero-order chi connectivity index (χ0) is 17.8. The van der Waals surface area contributed by atoms with Gasteiger partial charge in [0.15, 0.2) is 0 Å². The average Bonchev–Trinajstić information content (AvgIpc) is 2.99. The molecule has 4 nitrogen and oxygen atoms in total. The molecule has 0 spiro atoms. The highest BCUT2D eigenvalue weighted by atomic mass is 16.3. The predicted molar refractivity (Wildman–Crippen MR) is 97.4 cm³/mol. The van der Waals surface area contributed by atoms with Crippen LogP contribution in [0.4, 0.5) is 0 Å². The van der Waals surface area contributed by atoms with Crippen LogP contribution in [0.3, 0.4) is 0 Å². The number of carbonyl (C=O) groups excluding carboxylic acids is 1. The first-order valence-electron chi connectivity index (χ1n) is 9.36. The van der Waals surface area contributed by atoms with Gasteiger partial charge < -0.3 is 14.4 Å². The van der Waals surface area contributed by atoms with Gasteiger partial charge in [-0.15, -0.1) is 0 Å². The molecule has 1 aromatic carbocycles. The van der Waals surface area contributed by atoms with E-state index in [2.05, 4.69) is 19.9 Å². The van der Waals surface area contributed by atoms with Gasteiger partial charge in [0.25, 0.3) is 0 Å². The highest BCUT2D eigenvalue weighted by molar-refractivity contribution is 5.90. The van der Waals surface area contributed by atoms with Gasteiger partial charge in [-0.1, -0.05) is 19.4 Å². The van der Waals surface area contributed by atoms with E-state index in [4.69, 9.17) is 4.42 Å². The van der Waals surface area contributed by atoms with Crippen molar-refractivity contribution in [3.8, 4) is 0 Å². The summed E-state index contributed by atoms with van der Waals surface area (Å²) in [5.41, 5.74) is 3.41. The largest absolute Gasteiger partial charge is 0.464 e. The Hall–Kier alpha value is -1.81. The molecule has 4 rings (SSSR count). The molecule has 4 heteroatoms. The van der Waals surface area contributed by atoms with Crippen LogP contribution in [0, 0.1) is 25.7 Å². The standard InChI is InChI=1S/C21H27NO3/c1-13-7-14(2)20-16(11-25-18(20)8-13)9-19(23)22-10-15(3)21(24,12-22)17-5-4-6-17/h7-8,11,15,17,24H,4-6,9-10,12H2,1-3H3/t15-,21+/m1/s1. The van der Waals surface area contributed by atoms with E-state index in [-0.39, 0.29) is 11.8 Å². The number of furan rings is 1. The number of amides is 1. The van der Waals surface area contributed by atoms with E-state index in [1.54, 1.807) is 6.26 Å². The van der Waals surface area contributed by atoms with E-state index < -0.39 is 5.60 Å². The molecule has 1 N–H and O–H groups in total. The summed E-state index contributed by atoms with van der Waals surface area (Å²) in [5.74, 6) is 0.595. The predicted octanol–water partition coefficient (Wildman–Crippen LogP) is 3.60. The Morgan fingerprint density at radius 2 is 2.12 bits per heavy atom. The maximum Gasteiger partial charge on any atom is 0.227 e. The Kier molecular flexibility index (Phi) is 3.91. The minimum Gasteiger partial charge on any atom is -0.464 e. The molecule has 25 heavy (non-hydrogen) atoms. The van der Waals surface area contributed by atoms with E-state index in [9.17, 15) is 9.90 Å². The molecule has 2 heterocycles. The lowest BCUT2D eigenvalue weighted by molar-refractivity contribution is -0.131. The van der Waals surface area contributed by atoms with Crippen molar-refractivity contribution in [3.05, 3.63) is 35.1 Å². The van der Waals surface area contributed by atoms with E-state index in [1.165, 1.54) is 6.42 Å². The van der Waals surface area contributed by atoms with Crippen LogP contribution in [-0.4, -0.2) is 34.6 Å². The van der Waals surface area contributed by atoms with Gasteiger partial charge in [0.05, 0.1) is 18.3 Å². The number of nitrogens with zero attached hydrogens (tertiary/aromatic N) is 1.